The fourth-order valence-corrected chi connectivity index (χ4v) is 12.0. The molecule has 0 atom stereocenters. The van der Waals surface area contributed by atoms with Gasteiger partial charge in [0.2, 0.25) is 0 Å². The molecule has 118 valence electrons. The molecule has 0 aromatic rings. The van der Waals surface area contributed by atoms with Crippen LogP contribution in [0.4, 0.5) is 0 Å². The van der Waals surface area contributed by atoms with E-state index in [1.807, 2.05) is 0 Å². The third-order valence-corrected chi connectivity index (χ3v) is 14.9. The van der Waals surface area contributed by atoms with E-state index in [0.29, 0.717) is 0 Å². The Morgan fingerprint density at radius 2 is 1.00 bits per heavy atom. The minimum atomic E-state index is -1.59. The molecule has 3 heteroatoms. The van der Waals surface area contributed by atoms with Crippen LogP contribution >= 0.6 is 36.7 Å². The molecule has 0 unspecified atom stereocenters. The van der Waals surface area contributed by atoms with Crippen molar-refractivity contribution in [3.8, 4) is 0 Å². The van der Waals surface area contributed by atoms with E-state index in [1.54, 1.807) is 0 Å². The molecular formula is C16H35Br2P. The topological polar surface area (TPSA) is 0 Å². The summed E-state index contributed by atoms with van der Waals surface area (Å²) in [6.07, 6.45) is 17.0. The summed E-state index contributed by atoms with van der Waals surface area (Å²) in [6.45, 7) is 7.02. The Labute approximate surface area is 138 Å². The number of hydrogen-bond acceptors (Lipinski definition) is 0. The van der Waals surface area contributed by atoms with Gasteiger partial charge in [0.05, 0.1) is 0 Å². The van der Waals surface area contributed by atoms with E-state index in [2.05, 4.69) is 52.2 Å². The molecule has 0 fully saturated rings. The number of rotatable bonds is 13. The van der Waals surface area contributed by atoms with Crippen molar-refractivity contribution >= 4 is 36.7 Å². The molecule has 0 aliphatic carbocycles. The molecule has 0 N–H and O–H groups in total. The molecule has 19 heavy (non-hydrogen) atoms. The van der Waals surface area contributed by atoms with Gasteiger partial charge >= 0.3 is 139 Å². The van der Waals surface area contributed by atoms with Gasteiger partial charge in [-0.15, -0.1) is 0 Å². The average molecular weight is 418 g/mol. The second-order valence-corrected chi connectivity index (χ2v) is 18.4. The molecule has 0 radical (unpaired) electrons. The third-order valence-electron chi connectivity index (χ3n) is 4.31. The van der Waals surface area contributed by atoms with E-state index < -0.39 is 5.31 Å². The first-order chi connectivity index (χ1) is 9.04. The van der Waals surface area contributed by atoms with Gasteiger partial charge in [0.15, 0.2) is 0 Å². The fraction of sp³-hybridized carbons (Fsp3) is 1.00. The third kappa shape index (κ3) is 8.42. The summed E-state index contributed by atoms with van der Waals surface area (Å²) in [5.74, 6) is 0. The summed E-state index contributed by atoms with van der Waals surface area (Å²) in [5.41, 5.74) is 0. The van der Waals surface area contributed by atoms with E-state index in [0.717, 1.165) is 0 Å². The first-order valence-corrected chi connectivity index (χ1v) is 14.4. The second-order valence-electron chi connectivity index (χ2n) is 6.17. The first-order valence-electron chi connectivity index (χ1n) is 8.32. The van der Waals surface area contributed by atoms with Crippen molar-refractivity contribution in [1.82, 2.24) is 0 Å². The van der Waals surface area contributed by atoms with Crippen LogP contribution in [0, 0.1) is 0 Å². The van der Waals surface area contributed by atoms with Crippen molar-refractivity contribution in [2.24, 2.45) is 0 Å². The normalized spacial score (nSPS) is 14.3. The van der Waals surface area contributed by atoms with E-state index in [9.17, 15) is 0 Å². The standard InChI is InChI=1S/C16H35Br2P/c1-4-7-13-19(18,14-8-5-2,15-9-6-3)16-11-10-12-17/h4-16H2,1-3H3. The van der Waals surface area contributed by atoms with E-state index in [-0.39, 0.29) is 0 Å². The Hall–Kier alpha value is 1.39. The zero-order valence-corrected chi connectivity index (χ0v) is 17.5. The van der Waals surface area contributed by atoms with Crippen LogP contribution in [-0.2, 0) is 0 Å². The van der Waals surface area contributed by atoms with Crippen molar-refractivity contribution in [3.05, 3.63) is 0 Å². The van der Waals surface area contributed by atoms with E-state index >= 15 is 0 Å². The number of hydrogen-bond donors (Lipinski definition) is 0. The second kappa shape index (κ2) is 11.0. The van der Waals surface area contributed by atoms with Crippen LogP contribution in [0.25, 0.3) is 0 Å². The molecule has 0 aromatic heterocycles. The van der Waals surface area contributed by atoms with Crippen LogP contribution in [0.2, 0.25) is 0 Å². The minimum absolute atomic E-state index is 1.17. The summed E-state index contributed by atoms with van der Waals surface area (Å²) < 4.78 is 0. The molecule has 0 heterocycles. The molecule has 0 bridgehead atoms. The van der Waals surface area contributed by atoms with Gasteiger partial charge in [0.1, 0.15) is 0 Å². The van der Waals surface area contributed by atoms with Crippen molar-refractivity contribution in [3.63, 3.8) is 0 Å². The van der Waals surface area contributed by atoms with Crippen molar-refractivity contribution in [1.29, 1.82) is 0 Å². The maximum atomic E-state index is 4.44. The summed E-state index contributed by atoms with van der Waals surface area (Å²) in [5, 5.41) is -0.419. The molecule has 0 spiro atoms. The zero-order chi connectivity index (χ0) is 14.6. The Bertz CT molecular complexity index is 194. The zero-order valence-electron chi connectivity index (χ0n) is 13.4. The van der Waals surface area contributed by atoms with Crippen molar-refractivity contribution in [2.75, 3.05) is 30.0 Å². The predicted molar refractivity (Wildman–Crippen MR) is 103 cm³/mol. The van der Waals surface area contributed by atoms with Crippen LogP contribution in [-0.4, -0.2) is 30.0 Å². The Morgan fingerprint density at radius 3 is 1.32 bits per heavy atom. The number of halogens is 2. The van der Waals surface area contributed by atoms with Crippen LogP contribution < -0.4 is 0 Å². The Balaban J connectivity index is 4.81. The van der Waals surface area contributed by atoms with Gasteiger partial charge in [-0.05, 0) is 0 Å². The molecule has 0 aliphatic heterocycles. The molecule has 0 saturated heterocycles. The van der Waals surface area contributed by atoms with Crippen LogP contribution in [0.1, 0.15) is 72.1 Å². The van der Waals surface area contributed by atoms with Gasteiger partial charge in [-0.3, -0.25) is 0 Å². The monoisotopic (exact) mass is 416 g/mol. The molecule has 0 aromatic carbocycles. The van der Waals surface area contributed by atoms with Gasteiger partial charge in [-0.1, -0.05) is 0 Å². The summed E-state index contributed by atoms with van der Waals surface area (Å²) in [4.78, 5) is 0. The van der Waals surface area contributed by atoms with Crippen molar-refractivity contribution < 1.29 is 0 Å². The van der Waals surface area contributed by atoms with Crippen LogP contribution in [0.3, 0.4) is 0 Å². The molecule has 0 rings (SSSR count). The van der Waals surface area contributed by atoms with Gasteiger partial charge in [-0.2, -0.15) is 0 Å². The maximum absolute atomic E-state index is 4.44. The van der Waals surface area contributed by atoms with Crippen LogP contribution in [0.15, 0.2) is 0 Å². The molecule has 0 nitrogen and oxygen atoms in total. The molecule has 0 amide bonds. The summed E-state index contributed by atoms with van der Waals surface area (Å²) in [6, 6.07) is 0. The molecular weight excluding hydrogens is 383 g/mol. The predicted octanol–water partition coefficient (Wildman–Crippen LogP) is 7.43. The van der Waals surface area contributed by atoms with Gasteiger partial charge < -0.3 is 0 Å². The van der Waals surface area contributed by atoms with E-state index in [4.69, 9.17) is 0 Å². The Kier molecular flexibility index (Phi) is 11.8. The quantitative estimate of drug-likeness (QED) is 0.166. The SMILES string of the molecule is CCCCP(Br)(CCCC)(CCCC)CCCCBr. The first kappa shape index (κ1) is 20.4. The fourth-order valence-electron chi connectivity index (χ4n) is 2.93. The van der Waals surface area contributed by atoms with Gasteiger partial charge in [0.25, 0.3) is 0 Å². The average Bonchev–Trinajstić information content (AvgIpc) is 2.42. The van der Waals surface area contributed by atoms with E-state index in [1.165, 1.54) is 81.3 Å². The van der Waals surface area contributed by atoms with Crippen molar-refractivity contribution in [2.45, 2.75) is 72.1 Å². The van der Waals surface area contributed by atoms with Gasteiger partial charge in [0, 0.05) is 0 Å². The molecule has 0 aliphatic rings. The number of unbranched alkanes of at least 4 members (excludes halogenated alkanes) is 4. The summed E-state index contributed by atoms with van der Waals surface area (Å²) in [7, 11) is 0. The number of alkyl halides is 1. The molecule has 0 saturated carbocycles. The summed E-state index contributed by atoms with van der Waals surface area (Å²) >= 11 is 8.03. The Morgan fingerprint density at radius 1 is 0.632 bits per heavy atom. The van der Waals surface area contributed by atoms with Crippen LogP contribution in [0.5, 0.6) is 0 Å². The van der Waals surface area contributed by atoms with Gasteiger partial charge in [-0.25, -0.2) is 0 Å².